The fraction of sp³-hybridized carbons (Fsp3) is 0.920. The average molecular weight is 511 g/mol. The Bertz CT molecular complexity index is 516. The van der Waals surface area contributed by atoms with Crippen LogP contribution in [0.15, 0.2) is 0 Å². The Morgan fingerprint density at radius 2 is 0.800 bits per heavy atom. The second kappa shape index (κ2) is 23.1. The summed E-state index contributed by atoms with van der Waals surface area (Å²) >= 11 is 0. The summed E-state index contributed by atoms with van der Waals surface area (Å²) in [4.78, 5) is 21.2. The van der Waals surface area contributed by atoms with Crippen LogP contribution in [-0.2, 0) is 47.5 Å². The number of ether oxygens (including phenoxy) is 8. The molecule has 210 valence electrons. The van der Waals surface area contributed by atoms with Crippen molar-refractivity contribution in [3.05, 3.63) is 0 Å². The molecule has 0 aromatic heterocycles. The molecule has 35 heavy (non-hydrogen) atoms. The lowest BCUT2D eigenvalue weighted by Gasteiger charge is -2.19. The summed E-state index contributed by atoms with van der Waals surface area (Å²) in [5.41, 5.74) is 0. The number of carbonyl (C=O) groups is 2. The average Bonchev–Trinajstić information content (AvgIpc) is 2.81. The summed E-state index contributed by atoms with van der Waals surface area (Å²) in [7, 11) is 1.65. The van der Waals surface area contributed by atoms with Crippen LogP contribution in [0.5, 0.6) is 0 Å². The van der Waals surface area contributed by atoms with Crippen LogP contribution in [-0.4, -0.2) is 102 Å². The monoisotopic (exact) mass is 510 g/mol. The van der Waals surface area contributed by atoms with Gasteiger partial charge in [0.15, 0.2) is 0 Å². The van der Waals surface area contributed by atoms with Gasteiger partial charge in [0, 0.05) is 27.6 Å². The minimum Gasteiger partial charge on any atom is -0.463 e. The van der Waals surface area contributed by atoms with Crippen LogP contribution in [0.3, 0.4) is 0 Å². The third-order valence-corrected chi connectivity index (χ3v) is 4.36. The van der Waals surface area contributed by atoms with Gasteiger partial charge in [-0.1, -0.05) is 0 Å². The number of hydrogen-bond acceptors (Lipinski definition) is 10. The van der Waals surface area contributed by atoms with Crippen molar-refractivity contribution in [3.63, 3.8) is 0 Å². The number of rotatable bonds is 19. The Labute approximate surface area is 212 Å². The molecule has 0 rings (SSSR count). The van der Waals surface area contributed by atoms with Crippen LogP contribution in [0.1, 0.15) is 62.3 Å². The van der Waals surface area contributed by atoms with E-state index in [4.69, 9.17) is 37.9 Å². The predicted octanol–water partition coefficient (Wildman–Crippen LogP) is 3.18. The van der Waals surface area contributed by atoms with Gasteiger partial charge in [-0.2, -0.15) is 0 Å². The molecule has 0 saturated carbocycles. The van der Waals surface area contributed by atoms with Gasteiger partial charge in [0.25, 0.3) is 0 Å². The molecule has 0 radical (unpaired) electrons. The molecule has 0 aromatic carbocycles. The van der Waals surface area contributed by atoms with Crippen molar-refractivity contribution in [1.82, 2.24) is 0 Å². The number of methoxy groups -OCH3 is 1. The van der Waals surface area contributed by atoms with Gasteiger partial charge in [-0.05, 0) is 48.5 Å². The van der Waals surface area contributed by atoms with E-state index >= 15 is 0 Å². The van der Waals surface area contributed by atoms with Crippen LogP contribution in [0.25, 0.3) is 0 Å². The van der Waals surface area contributed by atoms with Gasteiger partial charge in [0.05, 0.1) is 63.1 Å². The summed E-state index contributed by atoms with van der Waals surface area (Å²) in [6.45, 7) is 19.5. The maximum Gasteiger partial charge on any atom is 0.302 e. The van der Waals surface area contributed by atoms with E-state index < -0.39 is 0 Å². The highest BCUT2D eigenvalue weighted by Gasteiger charge is 2.11. The molecule has 0 aliphatic rings. The topological polar surface area (TPSA) is 108 Å². The van der Waals surface area contributed by atoms with Gasteiger partial charge in [-0.25, -0.2) is 0 Å². The van der Waals surface area contributed by atoms with Crippen molar-refractivity contribution in [2.45, 2.75) is 98.9 Å². The lowest BCUT2D eigenvalue weighted by atomic mass is 10.4. The molecule has 10 heteroatoms. The Hall–Kier alpha value is -1.30. The highest BCUT2D eigenvalue weighted by Crippen LogP contribution is 2.01. The van der Waals surface area contributed by atoms with Crippen LogP contribution in [0, 0.1) is 0 Å². The van der Waals surface area contributed by atoms with Gasteiger partial charge in [0.1, 0.15) is 13.2 Å². The van der Waals surface area contributed by atoms with Gasteiger partial charge >= 0.3 is 11.9 Å². The molecule has 6 unspecified atom stereocenters. The second-order valence-corrected chi connectivity index (χ2v) is 8.49. The standard InChI is InChI=1S/C13H26O5.C12H24O5/c1-6-15-10(2)7-16-11(3)8-17-12(4)9-18-13(5)14;1-9(14-5)6-15-10(2)7-16-11(3)8-17-12(4)13/h10-12H,6-9H2,1-5H3;9-11H,6-8H2,1-5H3. The third-order valence-electron chi connectivity index (χ3n) is 4.36. The molecule has 0 spiro atoms. The Kier molecular flexibility index (Phi) is 23.7. The highest BCUT2D eigenvalue weighted by molar-refractivity contribution is 5.66. The van der Waals surface area contributed by atoms with Gasteiger partial charge in [0.2, 0.25) is 0 Å². The van der Waals surface area contributed by atoms with E-state index in [2.05, 4.69) is 0 Å². The van der Waals surface area contributed by atoms with Gasteiger partial charge in [-0.3, -0.25) is 9.59 Å². The van der Waals surface area contributed by atoms with Crippen molar-refractivity contribution >= 4 is 11.9 Å². The maximum absolute atomic E-state index is 10.6. The first-order valence-corrected chi connectivity index (χ1v) is 12.3. The SMILES string of the molecule is CCOC(C)COC(C)COC(C)COC(C)=O.COC(C)COC(C)COC(C)COC(C)=O. The number of esters is 2. The fourth-order valence-corrected chi connectivity index (χ4v) is 2.26. The summed E-state index contributed by atoms with van der Waals surface area (Å²) in [5, 5.41) is 0. The van der Waals surface area contributed by atoms with E-state index in [0.717, 1.165) is 0 Å². The number of hydrogen-bond donors (Lipinski definition) is 0. The zero-order chi connectivity index (χ0) is 27.2. The molecule has 0 N–H and O–H groups in total. The molecule has 0 heterocycles. The van der Waals surface area contributed by atoms with Crippen molar-refractivity contribution in [2.75, 3.05) is 53.4 Å². The molecule has 0 fully saturated rings. The highest BCUT2D eigenvalue weighted by atomic mass is 16.6. The molecule has 10 nitrogen and oxygen atoms in total. The third kappa shape index (κ3) is 27.1. The second-order valence-electron chi connectivity index (χ2n) is 8.49. The van der Waals surface area contributed by atoms with E-state index in [-0.39, 0.29) is 61.8 Å². The van der Waals surface area contributed by atoms with Crippen LogP contribution < -0.4 is 0 Å². The Balaban J connectivity index is 0. The maximum atomic E-state index is 10.6. The first-order valence-electron chi connectivity index (χ1n) is 12.3. The molecule has 0 aliphatic carbocycles. The van der Waals surface area contributed by atoms with Crippen molar-refractivity contribution in [2.24, 2.45) is 0 Å². The van der Waals surface area contributed by atoms with Crippen molar-refractivity contribution in [3.8, 4) is 0 Å². The molecule has 0 amide bonds. The van der Waals surface area contributed by atoms with E-state index in [9.17, 15) is 9.59 Å². The van der Waals surface area contributed by atoms with Crippen LogP contribution in [0.4, 0.5) is 0 Å². The normalized spacial score (nSPS) is 16.2. The van der Waals surface area contributed by atoms with E-state index in [1.807, 2.05) is 48.5 Å². The van der Waals surface area contributed by atoms with E-state index in [1.54, 1.807) is 7.11 Å². The smallest absolute Gasteiger partial charge is 0.302 e. The van der Waals surface area contributed by atoms with E-state index in [1.165, 1.54) is 13.8 Å². The van der Waals surface area contributed by atoms with Gasteiger partial charge < -0.3 is 37.9 Å². The van der Waals surface area contributed by atoms with E-state index in [0.29, 0.717) is 33.0 Å². The molecule has 0 saturated heterocycles. The minimum absolute atomic E-state index is 0.00677. The number of carbonyl (C=O) groups excluding carboxylic acids is 2. The van der Waals surface area contributed by atoms with Crippen LogP contribution in [0.2, 0.25) is 0 Å². The quantitative estimate of drug-likeness (QED) is 0.240. The predicted molar refractivity (Wildman–Crippen MR) is 132 cm³/mol. The summed E-state index contributed by atoms with van der Waals surface area (Å²) in [6.07, 6.45) is -0.0824. The first kappa shape index (κ1) is 35.9. The summed E-state index contributed by atoms with van der Waals surface area (Å²) in [5.74, 6) is -0.584. The molecule has 0 aromatic rings. The summed E-state index contributed by atoms with van der Waals surface area (Å²) < 4.78 is 42.2. The van der Waals surface area contributed by atoms with Crippen LogP contribution >= 0.6 is 0 Å². The van der Waals surface area contributed by atoms with Crippen molar-refractivity contribution in [1.29, 1.82) is 0 Å². The molecule has 6 atom stereocenters. The Morgan fingerprint density at radius 1 is 0.514 bits per heavy atom. The lowest BCUT2D eigenvalue weighted by molar-refractivity contribution is -0.146. The fourth-order valence-electron chi connectivity index (χ4n) is 2.26. The lowest BCUT2D eigenvalue weighted by Crippen LogP contribution is -2.27. The molecular weight excluding hydrogens is 460 g/mol. The molecular formula is C25H50O10. The first-order chi connectivity index (χ1) is 16.4. The molecule has 0 bridgehead atoms. The zero-order valence-electron chi connectivity index (χ0n) is 23.5. The Morgan fingerprint density at radius 3 is 1.09 bits per heavy atom. The minimum atomic E-state index is -0.293. The largest absolute Gasteiger partial charge is 0.463 e. The zero-order valence-corrected chi connectivity index (χ0v) is 23.5. The summed E-state index contributed by atoms with van der Waals surface area (Å²) in [6, 6.07) is 0. The van der Waals surface area contributed by atoms with Gasteiger partial charge in [-0.15, -0.1) is 0 Å². The molecule has 0 aliphatic heterocycles. The van der Waals surface area contributed by atoms with Crippen molar-refractivity contribution < 1.29 is 47.5 Å².